The van der Waals surface area contributed by atoms with Crippen LogP contribution in [0.2, 0.25) is 10.0 Å². The molecule has 3 aromatic rings. The summed E-state index contributed by atoms with van der Waals surface area (Å²) in [5, 5.41) is -2.57. The number of imidazole rings is 1. The van der Waals surface area contributed by atoms with Crippen LogP contribution in [0.15, 0.2) is 42.5 Å². The highest BCUT2D eigenvalue weighted by Gasteiger charge is 2.35. The van der Waals surface area contributed by atoms with Crippen molar-refractivity contribution in [3.8, 4) is 0 Å². The molecule has 0 saturated heterocycles. The second-order valence-electron chi connectivity index (χ2n) is 4.78. The Morgan fingerprint density at radius 2 is 1.64 bits per heavy atom. The van der Waals surface area contributed by atoms with E-state index in [-0.39, 0.29) is 6.54 Å². The van der Waals surface area contributed by atoms with Gasteiger partial charge in [0.2, 0.25) is 0 Å². The summed E-state index contributed by atoms with van der Waals surface area (Å²) in [4.78, 5) is 3.93. The van der Waals surface area contributed by atoms with Gasteiger partial charge in [-0.1, -0.05) is 35.3 Å². The maximum absolute atomic E-state index is 13.6. The molecule has 114 valence electrons. The van der Waals surface area contributed by atoms with Gasteiger partial charge in [-0.25, -0.2) is 4.98 Å². The minimum absolute atomic E-state index is 0.201. The molecule has 3 rings (SSSR count). The van der Waals surface area contributed by atoms with Gasteiger partial charge in [0.1, 0.15) is 0 Å². The van der Waals surface area contributed by atoms with Crippen LogP contribution in [0.5, 0.6) is 0 Å². The van der Waals surface area contributed by atoms with Gasteiger partial charge in [0.05, 0.1) is 11.0 Å². The molecule has 1 aromatic heterocycles. The fraction of sp³-hybridized carbons (Fsp3) is 0.133. The largest absolute Gasteiger partial charge is 0.380 e. The molecule has 22 heavy (non-hydrogen) atoms. The first-order chi connectivity index (χ1) is 10.3. The molecule has 0 unspecified atom stereocenters. The number of hydrogen-bond acceptors (Lipinski definition) is 1. The Hall–Kier alpha value is -1.36. The molecule has 0 amide bonds. The average molecular weight is 362 g/mol. The topological polar surface area (TPSA) is 17.8 Å². The number of benzene rings is 2. The fourth-order valence-electron chi connectivity index (χ4n) is 2.25. The lowest BCUT2D eigenvalue weighted by Gasteiger charge is -2.12. The molecule has 2 aromatic carbocycles. The quantitative estimate of drug-likeness (QED) is 0.549. The van der Waals surface area contributed by atoms with E-state index in [1.165, 1.54) is 10.6 Å². The summed E-state index contributed by atoms with van der Waals surface area (Å²) in [7, 11) is 0. The smallest absolute Gasteiger partial charge is 0.317 e. The molecule has 7 heteroatoms. The molecule has 0 spiro atoms. The average Bonchev–Trinajstić information content (AvgIpc) is 2.79. The summed E-state index contributed by atoms with van der Waals surface area (Å²) in [5.74, 6) is -0.513. The van der Waals surface area contributed by atoms with E-state index in [1.807, 2.05) is 0 Å². The summed E-state index contributed by atoms with van der Waals surface area (Å²) >= 11 is 16.9. The highest BCUT2D eigenvalue weighted by Crippen LogP contribution is 2.35. The Morgan fingerprint density at radius 1 is 1.00 bits per heavy atom. The third-order valence-electron chi connectivity index (χ3n) is 3.22. The van der Waals surface area contributed by atoms with Gasteiger partial charge in [0.15, 0.2) is 5.82 Å². The molecule has 0 radical (unpaired) electrons. The van der Waals surface area contributed by atoms with Crippen LogP contribution in [0, 0.1) is 0 Å². The summed E-state index contributed by atoms with van der Waals surface area (Å²) in [6, 6.07) is 11.7. The number of alkyl halides is 3. The second kappa shape index (κ2) is 5.69. The van der Waals surface area contributed by atoms with Crippen LogP contribution in [0.25, 0.3) is 11.0 Å². The lowest BCUT2D eigenvalue weighted by molar-refractivity contribution is 0.0811. The van der Waals surface area contributed by atoms with Crippen molar-refractivity contribution in [3.05, 3.63) is 63.9 Å². The first-order valence-corrected chi connectivity index (χ1v) is 7.45. The van der Waals surface area contributed by atoms with Crippen LogP contribution in [0.4, 0.5) is 8.78 Å². The van der Waals surface area contributed by atoms with E-state index in [0.717, 1.165) is 5.56 Å². The lowest BCUT2D eigenvalue weighted by atomic mass is 10.2. The van der Waals surface area contributed by atoms with Crippen LogP contribution in [-0.2, 0) is 11.9 Å². The minimum Gasteiger partial charge on any atom is -0.317 e. The second-order valence-corrected chi connectivity index (χ2v) is 6.13. The van der Waals surface area contributed by atoms with Crippen molar-refractivity contribution in [2.24, 2.45) is 0 Å². The molecular weight excluding hydrogens is 353 g/mol. The molecule has 0 bridgehead atoms. The van der Waals surface area contributed by atoms with Crippen LogP contribution in [-0.4, -0.2) is 9.55 Å². The van der Waals surface area contributed by atoms with E-state index in [4.69, 9.17) is 34.8 Å². The molecule has 0 atom stereocenters. The van der Waals surface area contributed by atoms with Crippen LogP contribution in [0.3, 0.4) is 0 Å². The van der Waals surface area contributed by atoms with Gasteiger partial charge in [0, 0.05) is 16.6 Å². The maximum Gasteiger partial charge on any atom is 0.380 e. The van der Waals surface area contributed by atoms with Crippen LogP contribution >= 0.6 is 34.8 Å². The van der Waals surface area contributed by atoms with Gasteiger partial charge in [-0.05, 0) is 47.5 Å². The van der Waals surface area contributed by atoms with Crippen molar-refractivity contribution < 1.29 is 8.78 Å². The molecule has 2 nitrogen and oxygen atoms in total. The van der Waals surface area contributed by atoms with Gasteiger partial charge >= 0.3 is 5.38 Å². The van der Waals surface area contributed by atoms with Crippen molar-refractivity contribution in [2.45, 2.75) is 11.9 Å². The molecule has 0 fully saturated rings. The molecule has 1 heterocycles. The number of nitrogens with zero attached hydrogens (tertiary/aromatic N) is 2. The first kappa shape index (κ1) is 15.5. The highest BCUT2D eigenvalue weighted by molar-refractivity contribution is 6.31. The molecule has 0 N–H and O–H groups in total. The lowest BCUT2D eigenvalue weighted by Crippen LogP contribution is -2.14. The Balaban J connectivity index is 2.15. The molecule has 0 aliphatic heterocycles. The van der Waals surface area contributed by atoms with E-state index < -0.39 is 11.2 Å². The van der Waals surface area contributed by atoms with Gasteiger partial charge in [-0.2, -0.15) is 8.78 Å². The Morgan fingerprint density at radius 3 is 2.27 bits per heavy atom. The molecule has 0 aliphatic carbocycles. The zero-order valence-corrected chi connectivity index (χ0v) is 13.3. The Labute approximate surface area is 140 Å². The van der Waals surface area contributed by atoms with E-state index in [2.05, 4.69) is 4.98 Å². The minimum atomic E-state index is -3.57. The van der Waals surface area contributed by atoms with Crippen LogP contribution in [0.1, 0.15) is 11.4 Å². The third kappa shape index (κ3) is 3.05. The third-order valence-corrected chi connectivity index (χ3v) is 3.87. The van der Waals surface area contributed by atoms with Crippen molar-refractivity contribution in [1.29, 1.82) is 0 Å². The SMILES string of the molecule is FC(F)(Cl)c1nc2cc(Cl)ccc2n1Cc1ccc(Cl)cc1. The number of halogens is 5. The van der Waals surface area contributed by atoms with Gasteiger partial charge in [-0.15, -0.1) is 0 Å². The van der Waals surface area contributed by atoms with E-state index in [9.17, 15) is 8.78 Å². The van der Waals surface area contributed by atoms with Crippen molar-refractivity contribution >= 4 is 45.8 Å². The predicted molar refractivity (Wildman–Crippen MR) is 85.0 cm³/mol. The van der Waals surface area contributed by atoms with Crippen LogP contribution < -0.4 is 0 Å². The van der Waals surface area contributed by atoms with Crippen molar-refractivity contribution in [2.75, 3.05) is 0 Å². The highest BCUT2D eigenvalue weighted by atomic mass is 35.5. The Bertz CT molecular complexity index is 823. The summed E-state index contributed by atoms with van der Waals surface area (Å²) in [6.07, 6.45) is 0. The number of fused-ring (bicyclic) bond motifs is 1. The summed E-state index contributed by atoms with van der Waals surface area (Å²) in [5.41, 5.74) is 1.72. The zero-order chi connectivity index (χ0) is 15.9. The van der Waals surface area contributed by atoms with E-state index in [1.54, 1.807) is 36.4 Å². The van der Waals surface area contributed by atoms with E-state index in [0.29, 0.717) is 21.1 Å². The normalized spacial score (nSPS) is 12.0. The predicted octanol–water partition coefficient (Wildman–Crippen LogP) is 5.68. The number of aromatic nitrogens is 2. The van der Waals surface area contributed by atoms with E-state index >= 15 is 0 Å². The van der Waals surface area contributed by atoms with Crippen molar-refractivity contribution in [1.82, 2.24) is 9.55 Å². The maximum atomic E-state index is 13.6. The zero-order valence-electron chi connectivity index (χ0n) is 11.0. The summed E-state index contributed by atoms with van der Waals surface area (Å²) in [6.45, 7) is 0.201. The molecule has 0 saturated carbocycles. The first-order valence-electron chi connectivity index (χ1n) is 6.32. The number of rotatable bonds is 3. The monoisotopic (exact) mass is 360 g/mol. The number of hydrogen-bond donors (Lipinski definition) is 0. The summed E-state index contributed by atoms with van der Waals surface area (Å²) < 4.78 is 28.7. The standard InChI is InChI=1S/C15H9Cl3F2N2/c16-10-3-1-9(2-4-10)8-22-13-6-5-11(17)7-12(13)21-14(22)15(18,19)20/h1-7H,8H2. The van der Waals surface area contributed by atoms with Crippen molar-refractivity contribution in [3.63, 3.8) is 0 Å². The van der Waals surface area contributed by atoms with Gasteiger partial charge < -0.3 is 4.57 Å². The molecular formula is C15H9Cl3F2N2. The fourth-order valence-corrected chi connectivity index (χ4v) is 2.69. The van der Waals surface area contributed by atoms with Gasteiger partial charge in [-0.3, -0.25) is 0 Å². The molecule has 0 aliphatic rings. The van der Waals surface area contributed by atoms with Gasteiger partial charge in [0.25, 0.3) is 0 Å². The Kier molecular flexibility index (Phi) is 4.02.